The SMILES string of the molecule is COCCCN1CCOc2ccc(CO[C@H]3CNC(CC(C)(C)C(=O)NC4CCN(C)CC4)C[C@@H]3c3ccc(OC)cc3)cc21. The van der Waals surface area contributed by atoms with Crippen molar-refractivity contribution in [3.8, 4) is 11.5 Å². The molecule has 248 valence electrons. The van der Waals surface area contributed by atoms with Gasteiger partial charge in [-0.25, -0.2) is 0 Å². The molecule has 2 N–H and O–H groups in total. The van der Waals surface area contributed by atoms with Crippen molar-refractivity contribution in [2.45, 2.75) is 76.7 Å². The highest BCUT2D eigenvalue weighted by atomic mass is 16.5. The molecule has 9 heteroatoms. The number of methoxy groups -OCH3 is 2. The van der Waals surface area contributed by atoms with Crippen molar-refractivity contribution in [1.29, 1.82) is 0 Å². The van der Waals surface area contributed by atoms with Crippen LogP contribution in [0.3, 0.4) is 0 Å². The molecule has 0 spiro atoms. The van der Waals surface area contributed by atoms with Crippen molar-refractivity contribution in [2.75, 3.05) is 72.1 Å². The van der Waals surface area contributed by atoms with Gasteiger partial charge in [-0.05, 0) is 87.6 Å². The van der Waals surface area contributed by atoms with Crippen LogP contribution in [0.5, 0.6) is 11.5 Å². The smallest absolute Gasteiger partial charge is 0.225 e. The summed E-state index contributed by atoms with van der Waals surface area (Å²) in [5, 5.41) is 7.12. The highest BCUT2D eigenvalue weighted by molar-refractivity contribution is 5.82. The molecule has 2 saturated heterocycles. The van der Waals surface area contributed by atoms with Crippen molar-refractivity contribution < 1.29 is 23.7 Å². The summed E-state index contributed by atoms with van der Waals surface area (Å²) in [6, 6.07) is 15.3. The van der Waals surface area contributed by atoms with Gasteiger partial charge in [-0.15, -0.1) is 0 Å². The normalized spacial score (nSPS) is 22.9. The van der Waals surface area contributed by atoms with Crippen LogP contribution in [-0.4, -0.2) is 96.2 Å². The van der Waals surface area contributed by atoms with E-state index in [1.165, 1.54) is 5.56 Å². The third kappa shape index (κ3) is 8.91. The van der Waals surface area contributed by atoms with Gasteiger partial charge in [-0.1, -0.05) is 32.0 Å². The number of nitrogens with zero attached hydrogens (tertiary/aromatic N) is 2. The minimum atomic E-state index is -0.473. The number of ether oxygens (including phenoxy) is 4. The van der Waals surface area contributed by atoms with Crippen LogP contribution in [0.25, 0.3) is 0 Å². The van der Waals surface area contributed by atoms with Gasteiger partial charge < -0.3 is 39.4 Å². The van der Waals surface area contributed by atoms with Crippen molar-refractivity contribution in [3.05, 3.63) is 53.6 Å². The second kappa shape index (κ2) is 15.6. The molecule has 0 aromatic heterocycles. The highest BCUT2D eigenvalue weighted by Gasteiger charge is 2.38. The Bertz CT molecular complexity index is 1230. The van der Waals surface area contributed by atoms with Gasteiger partial charge in [0.2, 0.25) is 5.91 Å². The van der Waals surface area contributed by atoms with Gasteiger partial charge in [0, 0.05) is 50.2 Å². The maximum Gasteiger partial charge on any atom is 0.225 e. The molecule has 1 unspecified atom stereocenters. The number of nitrogens with one attached hydrogen (secondary N) is 2. The predicted octanol–water partition coefficient (Wildman–Crippen LogP) is 4.59. The molecule has 0 bridgehead atoms. The summed E-state index contributed by atoms with van der Waals surface area (Å²) in [5.74, 6) is 2.13. The quantitative estimate of drug-likeness (QED) is 0.314. The molecule has 3 aliphatic heterocycles. The lowest BCUT2D eigenvalue weighted by Crippen LogP contribution is -2.52. The van der Waals surface area contributed by atoms with E-state index in [1.54, 1.807) is 14.2 Å². The minimum Gasteiger partial charge on any atom is -0.497 e. The Hall–Kier alpha value is -2.85. The summed E-state index contributed by atoms with van der Waals surface area (Å²) in [6.07, 6.45) is 4.67. The van der Waals surface area contributed by atoms with Crippen molar-refractivity contribution in [2.24, 2.45) is 5.41 Å². The van der Waals surface area contributed by atoms with Gasteiger partial charge in [0.1, 0.15) is 18.1 Å². The Morgan fingerprint density at radius 1 is 1.09 bits per heavy atom. The summed E-state index contributed by atoms with van der Waals surface area (Å²) >= 11 is 0. The first-order valence-corrected chi connectivity index (χ1v) is 16.7. The summed E-state index contributed by atoms with van der Waals surface area (Å²) in [4.78, 5) is 18.1. The molecular weight excluding hydrogens is 568 g/mol. The molecule has 3 heterocycles. The fraction of sp³-hybridized carbons (Fsp3) is 0.639. The van der Waals surface area contributed by atoms with E-state index >= 15 is 0 Å². The number of amides is 1. The van der Waals surface area contributed by atoms with Gasteiger partial charge in [-0.3, -0.25) is 4.79 Å². The summed E-state index contributed by atoms with van der Waals surface area (Å²) in [5.41, 5.74) is 3.04. The van der Waals surface area contributed by atoms with Crippen LogP contribution in [0.15, 0.2) is 42.5 Å². The average Bonchev–Trinajstić information content (AvgIpc) is 3.05. The Labute approximate surface area is 269 Å². The Kier molecular flexibility index (Phi) is 11.6. The molecule has 2 aromatic rings. The van der Waals surface area contributed by atoms with Crippen molar-refractivity contribution in [3.63, 3.8) is 0 Å². The van der Waals surface area contributed by atoms with E-state index in [-0.39, 0.29) is 30.0 Å². The maximum absolute atomic E-state index is 13.4. The minimum absolute atomic E-state index is 0.00380. The average molecular weight is 623 g/mol. The third-order valence-electron chi connectivity index (χ3n) is 9.79. The zero-order valence-corrected chi connectivity index (χ0v) is 28.0. The van der Waals surface area contributed by atoms with Crippen molar-refractivity contribution in [1.82, 2.24) is 15.5 Å². The monoisotopic (exact) mass is 622 g/mol. The summed E-state index contributed by atoms with van der Waals surface area (Å²) < 4.78 is 23.4. The Morgan fingerprint density at radius 3 is 2.60 bits per heavy atom. The molecule has 9 nitrogen and oxygen atoms in total. The molecule has 3 aliphatic rings. The van der Waals surface area contributed by atoms with Gasteiger partial charge in [-0.2, -0.15) is 0 Å². The van der Waals surface area contributed by atoms with E-state index in [0.717, 1.165) is 94.2 Å². The van der Waals surface area contributed by atoms with E-state index in [4.69, 9.17) is 18.9 Å². The number of benzene rings is 2. The largest absolute Gasteiger partial charge is 0.497 e. The molecule has 3 atom stereocenters. The van der Waals surface area contributed by atoms with Gasteiger partial charge in [0.25, 0.3) is 0 Å². The first kappa shape index (κ1) is 33.5. The number of fused-ring (bicyclic) bond motifs is 1. The van der Waals surface area contributed by atoms with Crippen LogP contribution in [0.1, 0.15) is 63.0 Å². The molecule has 2 aromatic carbocycles. The predicted molar refractivity (Wildman–Crippen MR) is 178 cm³/mol. The first-order chi connectivity index (χ1) is 21.8. The molecule has 0 radical (unpaired) electrons. The second-order valence-electron chi connectivity index (χ2n) is 13.7. The lowest BCUT2D eigenvalue weighted by Gasteiger charge is -2.40. The number of rotatable bonds is 13. The fourth-order valence-corrected chi connectivity index (χ4v) is 6.98. The van der Waals surface area contributed by atoms with Crippen LogP contribution >= 0.6 is 0 Å². The zero-order chi connectivity index (χ0) is 31.8. The topological polar surface area (TPSA) is 84.5 Å². The van der Waals surface area contributed by atoms with Crippen LogP contribution in [-0.2, 0) is 20.9 Å². The second-order valence-corrected chi connectivity index (χ2v) is 13.7. The number of anilines is 1. The molecule has 5 rings (SSSR count). The zero-order valence-electron chi connectivity index (χ0n) is 28.0. The number of carbonyl (C=O) groups is 1. The number of hydrogen-bond donors (Lipinski definition) is 2. The van der Waals surface area contributed by atoms with E-state index in [2.05, 4.69) is 71.7 Å². The van der Waals surface area contributed by atoms with Crippen LogP contribution < -0.4 is 25.0 Å². The van der Waals surface area contributed by atoms with E-state index in [1.807, 2.05) is 12.1 Å². The lowest BCUT2D eigenvalue weighted by molar-refractivity contribution is -0.131. The van der Waals surface area contributed by atoms with Crippen LogP contribution in [0, 0.1) is 5.41 Å². The van der Waals surface area contributed by atoms with E-state index < -0.39 is 5.41 Å². The van der Waals surface area contributed by atoms with E-state index in [0.29, 0.717) is 13.2 Å². The highest BCUT2D eigenvalue weighted by Crippen LogP contribution is 2.37. The fourth-order valence-electron chi connectivity index (χ4n) is 6.98. The molecule has 0 aliphatic carbocycles. The lowest BCUT2D eigenvalue weighted by atomic mass is 9.77. The Morgan fingerprint density at radius 2 is 1.87 bits per heavy atom. The van der Waals surface area contributed by atoms with Gasteiger partial charge in [0.05, 0.1) is 32.1 Å². The van der Waals surface area contributed by atoms with Gasteiger partial charge in [0.15, 0.2) is 0 Å². The summed E-state index contributed by atoms with van der Waals surface area (Å²) in [6.45, 7) is 10.8. The van der Waals surface area contributed by atoms with Crippen LogP contribution in [0.2, 0.25) is 0 Å². The molecule has 0 saturated carbocycles. The van der Waals surface area contributed by atoms with Crippen molar-refractivity contribution >= 4 is 11.6 Å². The number of carbonyl (C=O) groups excluding carboxylic acids is 1. The summed E-state index contributed by atoms with van der Waals surface area (Å²) in [7, 11) is 5.59. The molecule has 1 amide bonds. The number of likely N-dealkylation sites (tertiary alicyclic amines) is 1. The third-order valence-corrected chi connectivity index (χ3v) is 9.79. The molecule has 2 fully saturated rings. The first-order valence-electron chi connectivity index (χ1n) is 16.7. The standard InChI is InChI=1S/C36H54N4O5/c1-36(2,35(41)38-28-13-16-39(3)17-14-28)23-29-22-31(27-8-10-30(43-5)11-9-27)34(24-37-29)45-25-26-7-12-33-32(21-26)40(18-20-44-33)15-6-19-42-4/h7-12,21,28-29,31,34,37H,6,13-20,22-25H2,1-5H3,(H,38,41)/t29?,31-,34+/m1/s1. The van der Waals surface area contributed by atoms with Gasteiger partial charge >= 0.3 is 0 Å². The Balaban J connectivity index is 1.24. The van der Waals surface area contributed by atoms with Crippen LogP contribution in [0.4, 0.5) is 5.69 Å². The number of hydrogen-bond acceptors (Lipinski definition) is 8. The molecule has 45 heavy (non-hydrogen) atoms. The number of piperidine rings is 2. The maximum atomic E-state index is 13.4. The molecular formula is C36H54N4O5. The van der Waals surface area contributed by atoms with E-state index in [9.17, 15) is 4.79 Å².